The Hall–Kier alpha value is -0.830. The molecular weight excluding hydrogens is 312 g/mol. The summed E-state index contributed by atoms with van der Waals surface area (Å²) in [5.41, 5.74) is 0. The van der Waals surface area contributed by atoms with Gasteiger partial charge in [0, 0.05) is 0 Å². The molecule has 0 aromatic rings. The fourth-order valence-corrected chi connectivity index (χ4v) is 3.07. The number of unbranched alkanes of at least 4 members (excludes halogenated alkanes) is 14. The molecule has 0 aromatic carbocycles. The lowest BCUT2D eigenvalue weighted by atomic mass is 10.0. The maximum absolute atomic E-state index is 10.4. The first-order valence-electron chi connectivity index (χ1n) is 10.7. The summed E-state index contributed by atoms with van der Waals surface area (Å²) in [5, 5.41) is 17.7. The molecule has 25 heavy (non-hydrogen) atoms. The van der Waals surface area contributed by atoms with Gasteiger partial charge in [-0.15, -0.1) is 0 Å². The fraction of sp³-hybridized carbons (Fsp3) is 0.864. The van der Waals surface area contributed by atoms with E-state index in [9.17, 15) is 4.79 Å². The second-order valence-corrected chi connectivity index (χ2v) is 7.29. The van der Waals surface area contributed by atoms with Crippen LogP contribution in [0.4, 0.5) is 0 Å². The molecule has 3 heteroatoms. The van der Waals surface area contributed by atoms with Gasteiger partial charge in [0.25, 0.3) is 0 Å². The van der Waals surface area contributed by atoms with Crippen LogP contribution in [0.5, 0.6) is 0 Å². The van der Waals surface area contributed by atoms with Crippen LogP contribution in [-0.4, -0.2) is 22.3 Å². The van der Waals surface area contributed by atoms with Gasteiger partial charge in [0.15, 0.2) is 6.10 Å². The van der Waals surface area contributed by atoms with Crippen molar-refractivity contribution < 1.29 is 15.0 Å². The monoisotopic (exact) mass is 354 g/mol. The summed E-state index contributed by atoms with van der Waals surface area (Å²) in [7, 11) is 0. The summed E-state index contributed by atoms with van der Waals surface area (Å²) in [6.45, 7) is 2.27. The number of aliphatic hydroxyl groups is 1. The van der Waals surface area contributed by atoms with E-state index in [1.165, 1.54) is 89.9 Å². The average molecular weight is 355 g/mol. The van der Waals surface area contributed by atoms with Crippen LogP contribution in [0.1, 0.15) is 116 Å². The van der Waals surface area contributed by atoms with Crippen LogP contribution in [0.25, 0.3) is 0 Å². The molecule has 148 valence electrons. The molecule has 0 saturated heterocycles. The summed E-state index contributed by atoms with van der Waals surface area (Å²) >= 11 is 0. The average Bonchev–Trinajstić information content (AvgIpc) is 2.60. The minimum Gasteiger partial charge on any atom is -0.479 e. The Balaban J connectivity index is 3.13. The molecule has 0 aliphatic heterocycles. The molecule has 2 N–H and O–H groups in total. The Morgan fingerprint density at radius 3 is 1.56 bits per heavy atom. The predicted octanol–water partition coefficient (Wildman–Crippen LogP) is 6.64. The Morgan fingerprint density at radius 2 is 1.12 bits per heavy atom. The number of rotatable bonds is 19. The third-order valence-electron chi connectivity index (χ3n) is 4.78. The van der Waals surface area contributed by atoms with Crippen molar-refractivity contribution in [3.05, 3.63) is 12.2 Å². The standard InChI is InChI=1S/C22H42O3/c1-2-3-4-5-6-7-8-9-10-11-12-13-14-15-16-17-18-19-20-21(23)22(24)25/h17-18,21,23H,2-16,19-20H2,1H3,(H,24,25). The number of hydrogen-bond acceptors (Lipinski definition) is 2. The van der Waals surface area contributed by atoms with Gasteiger partial charge in [-0.2, -0.15) is 0 Å². The van der Waals surface area contributed by atoms with Crippen molar-refractivity contribution in [1.29, 1.82) is 0 Å². The van der Waals surface area contributed by atoms with Crippen molar-refractivity contribution in [2.75, 3.05) is 0 Å². The maximum Gasteiger partial charge on any atom is 0.332 e. The zero-order valence-corrected chi connectivity index (χ0v) is 16.6. The van der Waals surface area contributed by atoms with Gasteiger partial charge in [-0.05, 0) is 25.7 Å². The summed E-state index contributed by atoms with van der Waals surface area (Å²) in [4.78, 5) is 10.4. The summed E-state index contributed by atoms with van der Waals surface area (Å²) in [6, 6.07) is 0. The molecule has 0 bridgehead atoms. The number of carbonyl (C=O) groups is 1. The summed E-state index contributed by atoms with van der Waals surface area (Å²) < 4.78 is 0. The lowest BCUT2D eigenvalue weighted by molar-refractivity contribution is -0.146. The van der Waals surface area contributed by atoms with Crippen LogP contribution in [0.2, 0.25) is 0 Å². The molecule has 0 rings (SSSR count). The van der Waals surface area contributed by atoms with Gasteiger partial charge in [-0.3, -0.25) is 0 Å². The third-order valence-corrected chi connectivity index (χ3v) is 4.78. The van der Waals surface area contributed by atoms with E-state index in [0.717, 1.165) is 6.42 Å². The van der Waals surface area contributed by atoms with Gasteiger partial charge < -0.3 is 10.2 Å². The number of aliphatic carboxylic acids is 1. The Labute approximate surface area is 155 Å². The molecule has 0 aromatic heterocycles. The minimum absolute atomic E-state index is 0.310. The van der Waals surface area contributed by atoms with Crippen LogP contribution in [0, 0.1) is 0 Å². The van der Waals surface area contributed by atoms with Gasteiger partial charge in [-0.1, -0.05) is 103 Å². The molecule has 3 nitrogen and oxygen atoms in total. The topological polar surface area (TPSA) is 57.5 Å². The van der Waals surface area contributed by atoms with E-state index in [4.69, 9.17) is 10.2 Å². The quantitative estimate of drug-likeness (QED) is 0.202. The number of hydrogen-bond donors (Lipinski definition) is 2. The van der Waals surface area contributed by atoms with Crippen molar-refractivity contribution in [2.24, 2.45) is 0 Å². The van der Waals surface area contributed by atoms with Gasteiger partial charge >= 0.3 is 5.97 Å². The van der Waals surface area contributed by atoms with Gasteiger partial charge in [0.2, 0.25) is 0 Å². The van der Waals surface area contributed by atoms with Crippen LogP contribution in [-0.2, 0) is 4.79 Å². The fourth-order valence-electron chi connectivity index (χ4n) is 3.07. The van der Waals surface area contributed by atoms with Crippen LogP contribution in [0.15, 0.2) is 12.2 Å². The molecular formula is C22H42O3. The molecule has 0 radical (unpaired) electrons. The second-order valence-electron chi connectivity index (χ2n) is 7.29. The van der Waals surface area contributed by atoms with E-state index in [2.05, 4.69) is 13.0 Å². The largest absolute Gasteiger partial charge is 0.479 e. The first kappa shape index (κ1) is 24.2. The predicted molar refractivity (Wildman–Crippen MR) is 107 cm³/mol. The normalized spacial score (nSPS) is 12.7. The molecule has 0 amide bonds. The Morgan fingerprint density at radius 1 is 0.720 bits per heavy atom. The summed E-state index contributed by atoms with van der Waals surface area (Å²) in [5.74, 6) is -1.12. The highest BCUT2D eigenvalue weighted by molar-refractivity contribution is 5.71. The lowest BCUT2D eigenvalue weighted by Gasteiger charge is -2.03. The molecule has 0 spiro atoms. The van der Waals surface area contributed by atoms with E-state index in [1.54, 1.807) is 0 Å². The number of allylic oxidation sites excluding steroid dienone is 2. The second kappa shape index (κ2) is 19.5. The smallest absolute Gasteiger partial charge is 0.332 e. The van der Waals surface area contributed by atoms with Crippen LogP contribution in [0.3, 0.4) is 0 Å². The maximum atomic E-state index is 10.4. The number of aliphatic hydroxyl groups excluding tert-OH is 1. The van der Waals surface area contributed by atoms with E-state index in [-0.39, 0.29) is 0 Å². The van der Waals surface area contributed by atoms with Crippen molar-refractivity contribution in [3.8, 4) is 0 Å². The lowest BCUT2D eigenvalue weighted by Crippen LogP contribution is -2.18. The minimum atomic E-state index is -1.22. The van der Waals surface area contributed by atoms with Crippen LogP contribution < -0.4 is 0 Å². The Bertz CT molecular complexity index is 312. The van der Waals surface area contributed by atoms with Gasteiger partial charge in [0.05, 0.1) is 0 Å². The van der Waals surface area contributed by atoms with E-state index >= 15 is 0 Å². The first-order chi connectivity index (χ1) is 12.2. The number of carboxylic acid groups (broad SMARTS) is 1. The van der Waals surface area contributed by atoms with Crippen molar-refractivity contribution in [3.63, 3.8) is 0 Å². The highest BCUT2D eigenvalue weighted by Gasteiger charge is 2.10. The van der Waals surface area contributed by atoms with Gasteiger partial charge in [-0.25, -0.2) is 4.79 Å². The molecule has 1 unspecified atom stereocenters. The zero-order valence-electron chi connectivity index (χ0n) is 16.6. The summed E-state index contributed by atoms with van der Waals surface area (Å²) in [6.07, 6.45) is 24.2. The van der Waals surface area contributed by atoms with E-state index < -0.39 is 12.1 Å². The first-order valence-corrected chi connectivity index (χ1v) is 10.7. The molecule has 1 atom stereocenters. The highest BCUT2D eigenvalue weighted by Crippen LogP contribution is 2.13. The molecule has 0 aliphatic carbocycles. The van der Waals surface area contributed by atoms with E-state index in [0.29, 0.717) is 12.8 Å². The molecule has 0 fully saturated rings. The van der Waals surface area contributed by atoms with Crippen LogP contribution >= 0.6 is 0 Å². The Kier molecular flexibility index (Phi) is 18.8. The van der Waals surface area contributed by atoms with Gasteiger partial charge in [0.1, 0.15) is 0 Å². The SMILES string of the molecule is CCCCCCCCCCCCCCCCC=CCCC(O)C(=O)O. The highest BCUT2D eigenvalue weighted by atomic mass is 16.4. The number of carboxylic acids is 1. The molecule has 0 heterocycles. The third kappa shape index (κ3) is 19.3. The molecule has 0 saturated carbocycles. The van der Waals surface area contributed by atoms with Crippen molar-refractivity contribution in [2.45, 2.75) is 122 Å². The zero-order chi connectivity index (χ0) is 18.6. The van der Waals surface area contributed by atoms with Crippen molar-refractivity contribution >= 4 is 5.97 Å². The molecule has 0 aliphatic rings. The van der Waals surface area contributed by atoms with Crippen molar-refractivity contribution in [1.82, 2.24) is 0 Å². The van der Waals surface area contributed by atoms with E-state index in [1.807, 2.05) is 6.08 Å².